The van der Waals surface area contributed by atoms with Crippen LogP contribution in [0.4, 0.5) is 0 Å². The van der Waals surface area contributed by atoms with Gasteiger partial charge >= 0.3 is 0 Å². The van der Waals surface area contributed by atoms with Crippen molar-refractivity contribution in [1.29, 1.82) is 0 Å². The molecule has 0 N–H and O–H groups in total. The van der Waals surface area contributed by atoms with Gasteiger partial charge in [0.2, 0.25) is 0 Å². The first kappa shape index (κ1) is 12.0. The van der Waals surface area contributed by atoms with Gasteiger partial charge in [-0.2, -0.15) is 0 Å². The summed E-state index contributed by atoms with van der Waals surface area (Å²) in [5, 5.41) is 0. The summed E-state index contributed by atoms with van der Waals surface area (Å²) >= 11 is 0. The van der Waals surface area contributed by atoms with Crippen LogP contribution in [0.5, 0.6) is 0 Å². The number of rotatable bonds is 7. The molecule has 0 fully saturated rings. The van der Waals surface area contributed by atoms with E-state index in [4.69, 9.17) is 0 Å². The lowest BCUT2D eigenvalue weighted by Gasteiger charge is -2.02. The minimum absolute atomic E-state index is 1.14. The third-order valence-electron chi connectivity index (χ3n) is 2.80. The first-order valence-electron chi connectivity index (χ1n) is 6.05. The van der Waals surface area contributed by atoms with Crippen molar-refractivity contribution in [2.75, 3.05) is 0 Å². The zero-order valence-corrected chi connectivity index (χ0v) is 9.84. The summed E-state index contributed by atoms with van der Waals surface area (Å²) in [7, 11) is 0. The second-order valence-corrected chi connectivity index (χ2v) is 4.06. The zero-order valence-electron chi connectivity index (χ0n) is 9.84. The molecular weight excluding hydrogens is 180 g/mol. The predicted octanol–water partition coefficient (Wildman–Crippen LogP) is 4.54. The smallest absolute Gasteiger partial charge is 0.0279 e. The minimum atomic E-state index is 1.14. The van der Waals surface area contributed by atoms with Crippen LogP contribution in [-0.4, -0.2) is 0 Å². The number of allylic oxidation sites excluding steroid dienone is 1. The Balaban J connectivity index is 2.22. The van der Waals surface area contributed by atoms with Crippen LogP contribution in [-0.2, 0) is 12.8 Å². The molecule has 0 heterocycles. The molecule has 0 aliphatic carbocycles. The number of hydrogen-bond acceptors (Lipinski definition) is 0. The molecular formula is C15H22. The van der Waals surface area contributed by atoms with Crippen LogP contribution in [0.1, 0.15) is 43.7 Å². The molecule has 0 aliphatic heterocycles. The van der Waals surface area contributed by atoms with Gasteiger partial charge in [0, 0.05) is 0 Å². The van der Waals surface area contributed by atoms with Crippen LogP contribution in [0.15, 0.2) is 36.9 Å². The quantitative estimate of drug-likeness (QED) is 0.450. The molecule has 1 rings (SSSR count). The molecule has 0 heteroatoms. The number of unbranched alkanes of at least 4 members (excludes halogenated alkanes) is 3. The molecule has 0 unspecified atom stereocenters. The topological polar surface area (TPSA) is 0 Å². The molecule has 82 valence electrons. The van der Waals surface area contributed by atoms with E-state index in [1.807, 2.05) is 6.08 Å². The fourth-order valence-corrected chi connectivity index (χ4v) is 1.74. The highest BCUT2D eigenvalue weighted by Gasteiger charge is 1.94. The number of aryl methyl sites for hydroxylation is 2. The Bertz CT molecular complexity index is 269. The largest absolute Gasteiger partial charge is 0.103 e. The molecule has 15 heavy (non-hydrogen) atoms. The average molecular weight is 202 g/mol. The van der Waals surface area contributed by atoms with E-state index >= 15 is 0 Å². The second kappa shape index (κ2) is 7.28. The van der Waals surface area contributed by atoms with Crippen LogP contribution >= 0.6 is 0 Å². The summed E-state index contributed by atoms with van der Waals surface area (Å²) in [5.74, 6) is 0. The van der Waals surface area contributed by atoms with Gasteiger partial charge in [-0.3, -0.25) is 0 Å². The summed E-state index contributed by atoms with van der Waals surface area (Å²) in [5.41, 5.74) is 2.91. The maximum Gasteiger partial charge on any atom is -0.0279 e. The van der Waals surface area contributed by atoms with E-state index in [2.05, 4.69) is 37.8 Å². The lowest BCUT2D eigenvalue weighted by Crippen LogP contribution is -1.87. The molecule has 0 saturated heterocycles. The molecule has 0 bridgehead atoms. The van der Waals surface area contributed by atoms with E-state index in [1.54, 1.807) is 0 Å². The van der Waals surface area contributed by atoms with Crippen molar-refractivity contribution in [2.45, 2.75) is 45.4 Å². The van der Waals surface area contributed by atoms with E-state index < -0.39 is 0 Å². The van der Waals surface area contributed by atoms with Crippen molar-refractivity contribution in [3.63, 3.8) is 0 Å². The lowest BCUT2D eigenvalue weighted by atomic mass is 10.0. The van der Waals surface area contributed by atoms with Gasteiger partial charge in [0.25, 0.3) is 0 Å². The Kier molecular flexibility index (Phi) is 5.84. The Morgan fingerprint density at radius 1 is 1.00 bits per heavy atom. The van der Waals surface area contributed by atoms with Crippen molar-refractivity contribution in [3.05, 3.63) is 48.0 Å². The number of benzene rings is 1. The van der Waals surface area contributed by atoms with Gasteiger partial charge in [-0.1, -0.05) is 43.7 Å². The highest BCUT2D eigenvalue weighted by molar-refractivity contribution is 5.22. The Hall–Kier alpha value is -1.04. The van der Waals surface area contributed by atoms with Crippen LogP contribution in [0.25, 0.3) is 0 Å². The SMILES string of the molecule is C=CCCCCCc1ccc(CC)cc1. The van der Waals surface area contributed by atoms with Crippen molar-refractivity contribution < 1.29 is 0 Å². The standard InChI is InChI=1S/C15H22/c1-3-5-6-7-8-9-15-12-10-14(4-2)11-13-15/h3,10-13H,1,4-9H2,2H3. The van der Waals surface area contributed by atoms with E-state index in [-0.39, 0.29) is 0 Å². The number of hydrogen-bond donors (Lipinski definition) is 0. The molecule has 0 radical (unpaired) electrons. The fraction of sp³-hybridized carbons (Fsp3) is 0.467. The predicted molar refractivity (Wildman–Crippen MR) is 68.2 cm³/mol. The summed E-state index contributed by atoms with van der Waals surface area (Å²) in [4.78, 5) is 0. The van der Waals surface area contributed by atoms with Gasteiger partial charge in [-0.05, 0) is 43.2 Å². The van der Waals surface area contributed by atoms with Crippen molar-refractivity contribution in [2.24, 2.45) is 0 Å². The van der Waals surface area contributed by atoms with Crippen LogP contribution in [0, 0.1) is 0 Å². The van der Waals surface area contributed by atoms with Gasteiger partial charge in [-0.25, -0.2) is 0 Å². The maximum atomic E-state index is 3.74. The molecule has 0 aromatic heterocycles. The van der Waals surface area contributed by atoms with Gasteiger partial charge < -0.3 is 0 Å². The van der Waals surface area contributed by atoms with Crippen molar-refractivity contribution >= 4 is 0 Å². The molecule has 1 aromatic rings. The van der Waals surface area contributed by atoms with E-state index in [0.29, 0.717) is 0 Å². The molecule has 0 saturated carbocycles. The van der Waals surface area contributed by atoms with E-state index in [1.165, 1.54) is 36.8 Å². The molecule has 1 aromatic carbocycles. The molecule has 0 spiro atoms. The normalized spacial score (nSPS) is 10.2. The van der Waals surface area contributed by atoms with Crippen LogP contribution in [0.3, 0.4) is 0 Å². The first-order chi connectivity index (χ1) is 7.36. The van der Waals surface area contributed by atoms with Gasteiger partial charge in [-0.15, -0.1) is 6.58 Å². The van der Waals surface area contributed by atoms with Gasteiger partial charge in [0.1, 0.15) is 0 Å². The monoisotopic (exact) mass is 202 g/mol. The summed E-state index contributed by atoms with van der Waals surface area (Å²) < 4.78 is 0. The van der Waals surface area contributed by atoms with Crippen molar-refractivity contribution in [3.8, 4) is 0 Å². The Morgan fingerprint density at radius 2 is 1.67 bits per heavy atom. The fourth-order valence-electron chi connectivity index (χ4n) is 1.74. The Morgan fingerprint density at radius 3 is 2.27 bits per heavy atom. The summed E-state index contributed by atoms with van der Waals surface area (Å²) in [6.07, 6.45) is 9.45. The molecule has 0 atom stereocenters. The lowest BCUT2D eigenvalue weighted by molar-refractivity contribution is 0.687. The highest BCUT2D eigenvalue weighted by atomic mass is 14.0. The van der Waals surface area contributed by atoms with E-state index in [0.717, 1.165) is 12.8 Å². The van der Waals surface area contributed by atoms with E-state index in [9.17, 15) is 0 Å². The second-order valence-electron chi connectivity index (χ2n) is 4.06. The molecule has 0 amide bonds. The first-order valence-corrected chi connectivity index (χ1v) is 6.05. The summed E-state index contributed by atoms with van der Waals surface area (Å²) in [6.45, 7) is 5.93. The third-order valence-corrected chi connectivity index (χ3v) is 2.80. The maximum absolute atomic E-state index is 3.74. The van der Waals surface area contributed by atoms with Crippen LogP contribution < -0.4 is 0 Å². The van der Waals surface area contributed by atoms with Crippen molar-refractivity contribution in [1.82, 2.24) is 0 Å². The average Bonchev–Trinajstić information content (AvgIpc) is 2.30. The van der Waals surface area contributed by atoms with Gasteiger partial charge in [0.05, 0.1) is 0 Å². The third kappa shape index (κ3) is 4.83. The Labute approximate surface area is 94.0 Å². The minimum Gasteiger partial charge on any atom is -0.103 e. The highest BCUT2D eigenvalue weighted by Crippen LogP contribution is 2.10. The zero-order chi connectivity index (χ0) is 10.9. The van der Waals surface area contributed by atoms with Crippen LogP contribution in [0.2, 0.25) is 0 Å². The van der Waals surface area contributed by atoms with Gasteiger partial charge in [0.15, 0.2) is 0 Å². The molecule has 0 aliphatic rings. The summed E-state index contributed by atoms with van der Waals surface area (Å²) in [6, 6.07) is 9.04. The molecule has 0 nitrogen and oxygen atoms in total.